The van der Waals surface area contributed by atoms with Crippen LogP contribution < -0.4 is 0 Å². The molecular weight excluding hydrogens is 247 g/mol. The summed E-state index contributed by atoms with van der Waals surface area (Å²) in [5.74, 6) is -0.337. The first kappa shape index (κ1) is 12.1. The maximum absolute atomic E-state index is 13.1. The quantitative estimate of drug-likeness (QED) is 0.802. The summed E-state index contributed by atoms with van der Waals surface area (Å²) < 4.78 is 13.1. The van der Waals surface area contributed by atoms with Crippen molar-refractivity contribution in [1.82, 2.24) is 9.80 Å². The Bertz CT molecular complexity index is 532. The number of rotatable bonds is 2. The van der Waals surface area contributed by atoms with Gasteiger partial charge in [0.15, 0.2) is 0 Å². The van der Waals surface area contributed by atoms with Crippen LogP contribution in [0.4, 0.5) is 4.39 Å². The average molecular weight is 262 g/mol. The molecule has 1 aromatic carbocycles. The molecule has 100 valence electrons. The first-order valence-corrected chi connectivity index (χ1v) is 6.48. The molecule has 0 bridgehead atoms. The predicted octanol–water partition coefficient (Wildman–Crippen LogP) is 1.16. The lowest BCUT2D eigenvalue weighted by atomic mass is 10.1. The fourth-order valence-corrected chi connectivity index (χ4v) is 2.85. The Labute approximate surface area is 110 Å². The molecule has 1 aromatic rings. The van der Waals surface area contributed by atoms with Gasteiger partial charge in [0.05, 0.1) is 0 Å². The number of fused-ring (bicyclic) bond motifs is 1. The van der Waals surface area contributed by atoms with E-state index in [1.165, 1.54) is 17.0 Å². The molecular formula is C14H15FN2O2. The zero-order valence-corrected chi connectivity index (χ0v) is 10.5. The molecule has 19 heavy (non-hydrogen) atoms. The topological polar surface area (TPSA) is 40.6 Å². The van der Waals surface area contributed by atoms with Crippen molar-refractivity contribution in [3.05, 3.63) is 35.6 Å². The monoisotopic (exact) mass is 262 g/mol. The summed E-state index contributed by atoms with van der Waals surface area (Å²) in [6, 6.07) is 5.85. The molecule has 2 aliphatic heterocycles. The van der Waals surface area contributed by atoms with Gasteiger partial charge in [-0.05, 0) is 30.5 Å². The van der Waals surface area contributed by atoms with Gasteiger partial charge in [-0.2, -0.15) is 0 Å². The van der Waals surface area contributed by atoms with Gasteiger partial charge in [-0.15, -0.1) is 0 Å². The largest absolute Gasteiger partial charge is 0.329 e. The number of nitrogens with zero attached hydrogens (tertiary/aromatic N) is 2. The Balaban J connectivity index is 1.78. The van der Waals surface area contributed by atoms with Gasteiger partial charge in [-0.3, -0.25) is 9.59 Å². The van der Waals surface area contributed by atoms with Crippen LogP contribution >= 0.6 is 0 Å². The van der Waals surface area contributed by atoms with E-state index in [0.29, 0.717) is 18.7 Å². The van der Waals surface area contributed by atoms with Gasteiger partial charge in [0.25, 0.3) is 0 Å². The Morgan fingerprint density at radius 1 is 1.32 bits per heavy atom. The molecule has 0 aliphatic carbocycles. The number of piperazine rings is 1. The molecule has 5 heteroatoms. The Kier molecular flexibility index (Phi) is 2.97. The van der Waals surface area contributed by atoms with Crippen molar-refractivity contribution in [2.24, 2.45) is 0 Å². The van der Waals surface area contributed by atoms with Crippen molar-refractivity contribution < 1.29 is 14.0 Å². The molecule has 1 unspecified atom stereocenters. The van der Waals surface area contributed by atoms with Gasteiger partial charge < -0.3 is 9.80 Å². The van der Waals surface area contributed by atoms with Crippen LogP contribution in [0.25, 0.3) is 0 Å². The van der Waals surface area contributed by atoms with Crippen molar-refractivity contribution in [2.45, 2.75) is 25.4 Å². The van der Waals surface area contributed by atoms with E-state index in [4.69, 9.17) is 0 Å². The Morgan fingerprint density at radius 2 is 2.16 bits per heavy atom. The minimum atomic E-state index is -0.323. The lowest BCUT2D eigenvalue weighted by molar-refractivity contribution is -0.154. The fraction of sp³-hybridized carbons (Fsp3) is 0.429. The number of carbonyl (C=O) groups excluding carboxylic acids is 2. The molecule has 0 spiro atoms. The van der Waals surface area contributed by atoms with E-state index in [9.17, 15) is 14.0 Å². The van der Waals surface area contributed by atoms with Crippen LogP contribution in [0.1, 0.15) is 18.4 Å². The van der Waals surface area contributed by atoms with E-state index in [0.717, 1.165) is 12.8 Å². The van der Waals surface area contributed by atoms with Crippen LogP contribution in [0.2, 0.25) is 0 Å². The second kappa shape index (κ2) is 4.64. The standard InChI is InChI=1S/C14H15FN2O2/c15-11-4-1-3-10(7-11)8-16-9-13(18)17-6-2-5-12(17)14(16)19/h1,3-4,7,12H,2,5-6,8-9H2. The molecule has 4 nitrogen and oxygen atoms in total. The number of halogens is 1. The zero-order valence-electron chi connectivity index (χ0n) is 10.5. The summed E-state index contributed by atoms with van der Waals surface area (Å²) in [6.45, 7) is 1.08. The number of carbonyl (C=O) groups is 2. The molecule has 3 rings (SSSR count). The van der Waals surface area contributed by atoms with Gasteiger partial charge >= 0.3 is 0 Å². The van der Waals surface area contributed by atoms with E-state index in [1.807, 2.05) is 0 Å². The molecule has 2 heterocycles. The number of benzene rings is 1. The maximum Gasteiger partial charge on any atom is 0.246 e. The zero-order chi connectivity index (χ0) is 13.4. The third kappa shape index (κ3) is 2.20. The third-order valence-electron chi connectivity index (χ3n) is 3.76. The van der Waals surface area contributed by atoms with Crippen LogP contribution in [0.3, 0.4) is 0 Å². The summed E-state index contributed by atoms with van der Waals surface area (Å²) >= 11 is 0. The van der Waals surface area contributed by atoms with Crippen molar-refractivity contribution in [3.63, 3.8) is 0 Å². The first-order valence-electron chi connectivity index (χ1n) is 6.48. The molecule has 0 saturated carbocycles. The molecule has 2 fully saturated rings. The Hall–Kier alpha value is -1.91. The van der Waals surface area contributed by atoms with Crippen molar-refractivity contribution >= 4 is 11.8 Å². The molecule has 1 atom stereocenters. The van der Waals surface area contributed by atoms with Crippen molar-refractivity contribution in [3.8, 4) is 0 Å². The van der Waals surface area contributed by atoms with Crippen LogP contribution in [0, 0.1) is 5.82 Å². The van der Waals surface area contributed by atoms with Crippen LogP contribution in [0.15, 0.2) is 24.3 Å². The molecule has 0 radical (unpaired) electrons. The van der Waals surface area contributed by atoms with Crippen molar-refractivity contribution in [2.75, 3.05) is 13.1 Å². The third-order valence-corrected chi connectivity index (χ3v) is 3.76. The summed E-state index contributed by atoms with van der Waals surface area (Å²) in [5.41, 5.74) is 0.715. The molecule has 2 saturated heterocycles. The highest BCUT2D eigenvalue weighted by Gasteiger charge is 2.41. The van der Waals surface area contributed by atoms with E-state index >= 15 is 0 Å². The van der Waals surface area contributed by atoms with Gasteiger partial charge in [0, 0.05) is 13.1 Å². The molecule has 2 amide bonds. The van der Waals surface area contributed by atoms with Gasteiger partial charge in [0.1, 0.15) is 18.4 Å². The summed E-state index contributed by atoms with van der Waals surface area (Å²) in [5, 5.41) is 0. The number of hydrogen-bond donors (Lipinski definition) is 0. The average Bonchev–Trinajstić information content (AvgIpc) is 2.85. The van der Waals surface area contributed by atoms with E-state index in [-0.39, 0.29) is 30.2 Å². The summed E-state index contributed by atoms with van der Waals surface area (Å²) in [6.07, 6.45) is 1.63. The summed E-state index contributed by atoms with van der Waals surface area (Å²) in [4.78, 5) is 27.4. The first-order chi connectivity index (χ1) is 9.15. The fourth-order valence-electron chi connectivity index (χ4n) is 2.85. The Morgan fingerprint density at radius 3 is 2.95 bits per heavy atom. The van der Waals surface area contributed by atoms with E-state index in [1.54, 1.807) is 17.0 Å². The predicted molar refractivity (Wildman–Crippen MR) is 66.6 cm³/mol. The lowest BCUT2D eigenvalue weighted by Gasteiger charge is -2.36. The highest BCUT2D eigenvalue weighted by Crippen LogP contribution is 2.24. The maximum atomic E-state index is 13.1. The van der Waals surface area contributed by atoms with Gasteiger partial charge in [0.2, 0.25) is 11.8 Å². The minimum Gasteiger partial charge on any atom is -0.329 e. The van der Waals surface area contributed by atoms with E-state index < -0.39 is 0 Å². The molecule has 0 N–H and O–H groups in total. The highest BCUT2D eigenvalue weighted by atomic mass is 19.1. The highest BCUT2D eigenvalue weighted by molar-refractivity contribution is 5.95. The van der Waals surface area contributed by atoms with Gasteiger partial charge in [-0.1, -0.05) is 12.1 Å². The number of amides is 2. The van der Waals surface area contributed by atoms with Crippen LogP contribution in [0.5, 0.6) is 0 Å². The molecule has 0 aromatic heterocycles. The molecule has 2 aliphatic rings. The lowest BCUT2D eigenvalue weighted by Crippen LogP contribution is -2.56. The SMILES string of the molecule is O=C1C2CCCN2C(=O)CN1Cc1cccc(F)c1. The van der Waals surface area contributed by atoms with Crippen molar-refractivity contribution in [1.29, 1.82) is 0 Å². The second-order valence-electron chi connectivity index (χ2n) is 5.07. The van der Waals surface area contributed by atoms with Gasteiger partial charge in [-0.25, -0.2) is 4.39 Å². The second-order valence-corrected chi connectivity index (χ2v) is 5.07. The minimum absolute atomic E-state index is 0.00139. The van der Waals surface area contributed by atoms with E-state index in [2.05, 4.69) is 0 Å². The normalized spacial score (nSPS) is 22.9. The summed E-state index contributed by atoms with van der Waals surface area (Å²) in [7, 11) is 0. The van der Waals surface area contributed by atoms with Crippen LogP contribution in [-0.2, 0) is 16.1 Å². The van der Waals surface area contributed by atoms with Crippen LogP contribution in [-0.4, -0.2) is 40.7 Å². The smallest absolute Gasteiger partial charge is 0.246 e. The number of hydrogen-bond acceptors (Lipinski definition) is 2.